The Labute approximate surface area is 166 Å². The molecule has 1 aliphatic carbocycles. The van der Waals surface area contributed by atoms with Crippen molar-refractivity contribution in [3.63, 3.8) is 0 Å². The average molecular weight is 389 g/mol. The molecule has 9 heteroatoms. The number of benzene rings is 1. The van der Waals surface area contributed by atoms with E-state index in [4.69, 9.17) is 0 Å². The fraction of sp³-hybridized carbons (Fsp3) is 0.300. The molecule has 3 aromatic rings. The van der Waals surface area contributed by atoms with Gasteiger partial charge in [-0.1, -0.05) is 35.5 Å². The maximum atomic E-state index is 13.0. The summed E-state index contributed by atoms with van der Waals surface area (Å²) >= 11 is 0. The summed E-state index contributed by atoms with van der Waals surface area (Å²) in [6.45, 7) is 0.517. The van der Waals surface area contributed by atoms with Gasteiger partial charge in [0.15, 0.2) is 11.5 Å². The molecule has 1 N–H and O–H groups in total. The first kappa shape index (κ1) is 17.5. The van der Waals surface area contributed by atoms with Crippen LogP contribution < -0.4 is 10.2 Å². The van der Waals surface area contributed by atoms with E-state index in [0.29, 0.717) is 12.4 Å². The lowest BCUT2D eigenvalue weighted by atomic mass is 10.1. The van der Waals surface area contributed by atoms with E-state index in [9.17, 15) is 9.59 Å². The van der Waals surface area contributed by atoms with Crippen LogP contribution in [0.25, 0.3) is 0 Å². The van der Waals surface area contributed by atoms with Gasteiger partial charge in [0.2, 0.25) is 0 Å². The zero-order chi connectivity index (χ0) is 20.0. The summed E-state index contributed by atoms with van der Waals surface area (Å²) in [5.41, 5.74) is 2.06. The molecule has 5 rings (SSSR count). The summed E-state index contributed by atoms with van der Waals surface area (Å²) in [6, 6.07) is 9.17. The number of likely N-dealkylation sites (N-methyl/N-ethyl adjacent to an activating group) is 1. The van der Waals surface area contributed by atoms with E-state index in [2.05, 4.69) is 25.6 Å². The Morgan fingerprint density at radius 3 is 2.83 bits per heavy atom. The Hall–Kier alpha value is -3.62. The molecule has 29 heavy (non-hydrogen) atoms. The molecule has 2 aromatic heterocycles. The molecule has 1 unspecified atom stereocenters. The number of hydrogen-bond donors (Lipinski definition) is 1. The molecule has 1 saturated carbocycles. The SMILES string of the molecule is CN1C(=O)[C@H](NC(=O)c2cn(Cc3ccccc3)nn2)[C@@H]2CC2c2nccnc21. The highest BCUT2D eigenvalue weighted by molar-refractivity contribution is 6.02. The van der Waals surface area contributed by atoms with Crippen molar-refractivity contribution < 1.29 is 9.59 Å². The standard InChI is InChI=1S/C20H19N7O2/c1-26-18-16(21-7-8-22-18)13-9-14(13)17(20(26)29)23-19(28)15-11-27(25-24-15)10-12-5-3-2-4-6-12/h2-8,11,13-14,17H,9-10H2,1H3,(H,23,28)/t13?,14-,17-/m1/s1. The second-order valence-corrected chi connectivity index (χ2v) is 7.41. The second-order valence-electron chi connectivity index (χ2n) is 7.41. The number of carbonyl (C=O) groups excluding carboxylic acids is 2. The summed E-state index contributed by atoms with van der Waals surface area (Å²) in [6.07, 6.45) is 5.60. The van der Waals surface area contributed by atoms with Crippen molar-refractivity contribution in [3.8, 4) is 0 Å². The Kier molecular flexibility index (Phi) is 4.08. The van der Waals surface area contributed by atoms with E-state index in [1.807, 2.05) is 30.3 Å². The van der Waals surface area contributed by atoms with Crippen molar-refractivity contribution >= 4 is 17.6 Å². The van der Waals surface area contributed by atoms with E-state index in [-0.39, 0.29) is 23.4 Å². The molecular weight excluding hydrogens is 370 g/mol. The third-order valence-electron chi connectivity index (χ3n) is 5.48. The van der Waals surface area contributed by atoms with Crippen molar-refractivity contribution in [2.24, 2.45) is 5.92 Å². The topological polar surface area (TPSA) is 106 Å². The third kappa shape index (κ3) is 3.14. The largest absolute Gasteiger partial charge is 0.338 e. The molecule has 0 saturated heterocycles. The first-order valence-electron chi connectivity index (χ1n) is 9.45. The quantitative estimate of drug-likeness (QED) is 0.713. The molecule has 1 fully saturated rings. The van der Waals surface area contributed by atoms with Gasteiger partial charge in [0.1, 0.15) is 6.04 Å². The Bertz CT molecular complexity index is 1080. The molecule has 2 amide bonds. The Balaban J connectivity index is 1.32. The number of carbonyl (C=O) groups is 2. The number of nitrogens with one attached hydrogen (secondary N) is 1. The van der Waals surface area contributed by atoms with Crippen LogP contribution in [0.3, 0.4) is 0 Å². The molecule has 0 spiro atoms. The first-order chi connectivity index (χ1) is 14.1. The van der Waals surface area contributed by atoms with Gasteiger partial charge in [-0.2, -0.15) is 0 Å². The number of aromatic nitrogens is 5. The predicted molar refractivity (Wildman–Crippen MR) is 103 cm³/mol. The molecule has 1 aromatic carbocycles. The van der Waals surface area contributed by atoms with Crippen LogP contribution in [0.1, 0.15) is 34.1 Å². The number of anilines is 1. The van der Waals surface area contributed by atoms with Crippen molar-refractivity contribution in [3.05, 3.63) is 65.9 Å². The molecule has 2 aliphatic rings. The zero-order valence-corrected chi connectivity index (χ0v) is 15.8. The van der Waals surface area contributed by atoms with Crippen LogP contribution in [0.15, 0.2) is 48.9 Å². The highest BCUT2D eigenvalue weighted by atomic mass is 16.2. The molecule has 3 heterocycles. The molecule has 146 valence electrons. The van der Waals surface area contributed by atoms with Gasteiger partial charge in [-0.05, 0) is 17.9 Å². The molecular formula is C20H19N7O2. The summed E-state index contributed by atoms with van der Waals surface area (Å²) in [7, 11) is 1.66. The summed E-state index contributed by atoms with van der Waals surface area (Å²) in [5.74, 6) is 0.115. The van der Waals surface area contributed by atoms with Crippen molar-refractivity contribution in [1.82, 2.24) is 30.3 Å². The molecule has 0 bridgehead atoms. The summed E-state index contributed by atoms with van der Waals surface area (Å²) in [4.78, 5) is 35.9. The van der Waals surface area contributed by atoms with Crippen LogP contribution in [0, 0.1) is 5.92 Å². The molecule has 1 aliphatic heterocycles. The van der Waals surface area contributed by atoms with E-state index in [1.54, 1.807) is 30.3 Å². The number of nitrogens with zero attached hydrogens (tertiary/aromatic N) is 6. The van der Waals surface area contributed by atoms with E-state index >= 15 is 0 Å². The van der Waals surface area contributed by atoms with Gasteiger partial charge in [-0.25, -0.2) is 9.67 Å². The minimum atomic E-state index is -0.632. The number of hydrogen-bond acceptors (Lipinski definition) is 6. The number of fused-ring (bicyclic) bond motifs is 3. The Morgan fingerprint density at radius 2 is 2.00 bits per heavy atom. The maximum Gasteiger partial charge on any atom is 0.274 e. The van der Waals surface area contributed by atoms with Crippen LogP contribution in [0.5, 0.6) is 0 Å². The first-order valence-corrected chi connectivity index (χ1v) is 9.45. The summed E-state index contributed by atoms with van der Waals surface area (Å²) in [5, 5.41) is 10.9. The fourth-order valence-electron chi connectivity index (χ4n) is 3.89. The minimum Gasteiger partial charge on any atom is -0.338 e. The van der Waals surface area contributed by atoms with E-state index < -0.39 is 11.9 Å². The monoisotopic (exact) mass is 389 g/mol. The maximum absolute atomic E-state index is 13.0. The lowest BCUT2D eigenvalue weighted by molar-refractivity contribution is -0.120. The minimum absolute atomic E-state index is 0.0196. The van der Waals surface area contributed by atoms with Gasteiger partial charge < -0.3 is 5.32 Å². The van der Waals surface area contributed by atoms with Gasteiger partial charge in [-0.3, -0.25) is 19.5 Å². The lowest BCUT2D eigenvalue weighted by Gasteiger charge is -2.22. The smallest absolute Gasteiger partial charge is 0.274 e. The van der Waals surface area contributed by atoms with Crippen molar-refractivity contribution in [2.75, 3.05) is 11.9 Å². The van der Waals surface area contributed by atoms with Gasteiger partial charge >= 0.3 is 0 Å². The van der Waals surface area contributed by atoms with Gasteiger partial charge in [-0.15, -0.1) is 5.10 Å². The molecule has 0 radical (unpaired) electrons. The summed E-state index contributed by atoms with van der Waals surface area (Å²) < 4.78 is 1.61. The second kappa shape index (κ2) is 6.77. The normalized spacial score (nSPS) is 22.4. The van der Waals surface area contributed by atoms with E-state index in [1.165, 1.54) is 4.90 Å². The predicted octanol–water partition coefficient (Wildman–Crippen LogP) is 0.995. The third-order valence-corrected chi connectivity index (χ3v) is 5.48. The van der Waals surface area contributed by atoms with Crippen molar-refractivity contribution in [2.45, 2.75) is 24.9 Å². The zero-order valence-electron chi connectivity index (χ0n) is 15.8. The number of rotatable bonds is 4. The van der Waals surface area contributed by atoms with Crippen LogP contribution in [-0.4, -0.2) is 49.9 Å². The highest BCUT2D eigenvalue weighted by Crippen LogP contribution is 2.53. The van der Waals surface area contributed by atoms with Crippen molar-refractivity contribution in [1.29, 1.82) is 0 Å². The van der Waals surface area contributed by atoms with Crippen LogP contribution >= 0.6 is 0 Å². The van der Waals surface area contributed by atoms with E-state index in [0.717, 1.165) is 17.7 Å². The van der Waals surface area contributed by atoms with Crippen LogP contribution in [0.2, 0.25) is 0 Å². The molecule has 3 atom stereocenters. The number of amides is 2. The fourth-order valence-corrected chi connectivity index (χ4v) is 3.89. The van der Waals surface area contributed by atoms with Gasteiger partial charge in [0, 0.05) is 25.4 Å². The van der Waals surface area contributed by atoms with Gasteiger partial charge in [0.05, 0.1) is 18.4 Å². The Morgan fingerprint density at radius 1 is 1.21 bits per heavy atom. The highest BCUT2D eigenvalue weighted by Gasteiger charge is 2.53. The van der Waals surface area contributed by atoms with Crippen LogP contribution in [0.4, 0.5) is 5.82 Å². The van der Waals surface area contributed by atoms with Gasteiger partial charge in [0.25, 0.3) is 11.8 Å². The van der Waals surface area contributed by atoms with Crippen LogP contribution in [-0.2, 0) is 11.3 Å². The molecule has 9 nitrogen and oxygen atoms in total. The average Bonchev–Trinajstić information content (AvgIpc) is 3.41. The lowest BCUT2D eigenvalue weighted by Crippen LogP contribution is -2.48.